The second kappa shape index (κ2) is 2.88. The summed E-state index contributed by atoms with van der Waals surface area (Å²) >= 11 is 0.912. The predicted octanol–water partition coefficient (Wildman–Crippen LogP) is 1.14. The fourth-order valence-corrected chi connectivity index (χ4v) is 1.92. The Hall–Kier alpha value is -1.30. The summed E-state index contributed by atoms with van der Waals surface area (Å²) in [6.45, 7) is 0.154. The molecule has 0 radical (unpaired) electrons. The summed E-state index contributed by atoms with van der Waals surface area (Å²) in [5.74, 6) is -1.96. The number of aliphatic carboxylic acids is 1. The van der Waals surface area contributed by atoms with Crippen LogP contribution in [0.3, 0.4) is 0 Å². The normalized spacial score (nSPS) is 20.4. The van der Waals surface area contributed by atoms with Crippen molar-refractivity contribution in [3.05, 3.63) is 22.0 Å². The lowest BCUT2D eigenvalue weighted by Gasteiger charge is -2.17. The summed E-state index contributed by atoms with van der Waals surface area (Å²) < 4.78 is 13.3. The number of nitrogens with zero attached hydrogens (tertiary/aromatic N) is 2. The smallest absolute Gasteiger partial charge is 0.347 e. The molecule has 0 aliphatic carbocycles. The van der Waals surface area contributed by atoms with Gasteiger partial charge < -0.3 is 5.11 Å². The van der Waals surface area contributed by atoms with Gasteiger partial charge in [-0.2, -0.15) is 4.39 Å². The van der Waals surface area contributed by atoms with Crippen molar-refractivity contribution in [2.45, 2.75) is 0 Å². The summed E-state index contributed by atoms with van der Waals surface area (Å²) in [7, 11) is 0. The number of carboxylic acid groups (broad SMARTS) is 1. The van der Waals surface area contributed by atoms with Crippen LogP contribution in [0, 0.1) is 0 Å². The molecule has 0 fully saturated rings. The molecule has 2 heterocycles. The van der Waals surface area contributed by atoms with Gasteiger partial charge in [-0.15, -0.1) is 0 Å². The van der Waals surface area contributed by atoms with Crippen LogP contribution in [0.4, 0.5) is 4.39 Å². The van der Waals surface area contributed by atoms with Crippen molar-refractivity contribution in [2.75, 3.05) is 6.67 Å². The Morgan fingerprint density at radius 3 is 3.15 bits per heavy atom. The van der Waals surface area contributed by atoms with Crippen molar-refractivity contribution in [3.63, 3.8) is 0 Å². The van der Waals surface area contributed by atoms with Crippen molar-refractivity contribution < 1.29 is 14.3 Å². The van der Waals surface area contributed by atoms with Crippen molar-refractivity contribution >= 4 is 23.9 Å². The number of aliphatic imine (C=N–C) groups is 1. The Morgan fingerprint density at radius 1 is 1.77 bits per heavy atom. The van der Waals surface area contributed by atoms with Crippen LogP contribution in [0.5, 0.6) is 0 Å². The molecule has 2 aliphatic rings. The van der Waals surface area contributed by atoms with Gasteiger partial charge in [-0.25, -0.2) is 4.79 Å². The topological polar surface area (TPSA) is 52.9 Å². The van der Waals surface area contributed by atoms with Gasteiger partial charge >= 0.3 is 5.97 Å². The highest BCUT2D eigenvalue weighted by Crippen LogP contribution is 2.42. The fraction of sp³-hybridized carbons (Fsp3) is 0.143. The minimum absolute atomic E-state index is 0.154. The van der Waals surface area contributed by atoms with Crippen LogP contribution in [0.1, 0.15) is 0 Å². The summed E-state index contributed by atoms with van der Waals surface area (Å²) in [6, 6.07) is 0. The van der Waals surface area contributed by atoms with E-state index in [-0.39, 0.29) is 11.6 Å². The van der Waals surface area contributed by atoms with Gasteiger partial charge in [0.05, 0.1) is 5.03 Å². The first-order valence-corrected chi connectivity index (χ1v) is 4.30. The van der Waals surface area contributed by atoms with Crippen LogP contribution in [-0.2, 0) is 4.79 Å². The van der Waals surface area contributed by atoms with Crippen LogP contribution in [0.2, 0.25) is 0 Å². The van der Waals surface area contributed by atoms with Crippen molar-refractivity contribution in [1.29, 1.82) is 0 Å². The molecule has 68 valence electrons. The van der Waals surface area contributed by atoms with E-state index in [0.29, 0.717) is 5.03 Å². The molecule has 0 aromatic rings. The maximum atomic E-state index is 13.3. The number of rotatable bonds is 1. The van der Waals surface area contributed by atoms with E-state index in [1.165, 1.54) is 11.1 Å². The monoisotopic (exact) mass is 200 g/mol. The number of allylic oxidation sites excluding steroid dienone is 1. The molecule has 0 unspecified atom stereocenters. The molecular formula is C7H5FN2O2S. The average Bonchev–Trinajstić information content (AvgIpc) is 2.45. The van der Waals surface area contributed by atoms with E-state index in [4.69, 9.17) is 5.11 Å². The molecular weight excluding hydrogens is 195 g/mol. The van der Waals surface area contributed by atoms with E-state index in [0.717, 1.165) is 11.8 Å². The van der Waals surface area contributed by atoms with Gasteiger partial charge in [-0.05, 0) is 6.08 Å². The Bertz CT molecular complexity index is 362. The molecule has 0 aromatic heterocycles. The van der Waals surface area contributed by atoms with E-state index in [1.807, 2.05) is 0 Å². The lowest BCUT2D eigenvalue weighted by atomic mass is 10.5. The van der Waals surface area contributed by atoms with Crippen LogP contribution < -0.4 is 0 Å². The van der Waals surface area contributed by atoms with Gasteiger partial charge in [-0.3, -0.25) is 9.89 Å². The largest absolute Gasteiger partial charge is 0.477 e. The van der Waals surface area contributed by atoms with E-state index in [9.17, 15) is 9.18 Å². The lowest BCUT2D eigenvalue weighted by molar-refractivity contribution is -0.131. The number of hydrogen-bond donors (Lipinski definition) is 1. The summed E-state index contributed by atoms with van der Waals surface area (Å²) in [5, 5.41) is 9.19. The van der Waals surface area contributed by atoms with Gasteiger partial charge in [0.15, 0.2) is 4.91 Å². The van der Waals surface area contributed by atoms with Gasteiger partial charge in [-0.1, -0.05) is 11.8 Å². The van der Waals surface area contributed by atoms with E-state index in [2.05, 4.69) is 4.99 Å². The van der Waals surface area contributed by atoms with Gasteiger partial charge in [0.2, 0.25) is 5.95 Å². The third-order valence-corrected chi connectivity index (χ3v) is 2.75. The minimum Gasteiger partial charge on any atom is -0.477 e. The summed E-state index contributed by atoms with van der Waals surface area (Å²) in [5.41, 5.74) is 0. The molecule has 4 nitrogen and oxygen atoms in total. The van der Waals surface area contributed by atoms with Gasteiger partial charge in [0.1, 0.15) is 6.67 Å². The highest BCUT2D eigenvalue weighted by atomic mass is 32.2. The number of carbonyl (C=O) groups is 1. The first-order valence-electron chi connectivity index (χ1n) is 3.48. The average molecular weight is 200 g/mol. The zero-order valence-corrected chi connectivity index (χ0v) is 7.21. The van der Waals surface area contributed by atoms with Crippen molar-refractivity contribution in [1.82, 2.24) is 4.90 Å². The van der Waals surface area contributed by atoms with Crippen LogP contribution in [-0.4, -0.2) is 28.9 Å². The Labute approximate surface area is 77.4 Å². The lowest BCUT2D eigenvalue weighted by Crippen LogP contribution is -2.18. The summed E-state index contributed by atoms with van der Waals surface area (Å²) in [4.78, 5) is 15.3. The Morgan fingerprint density at radius 2 is 2.54 bits per heavy atom. The second-order valence-corrected chi connectivity index (χ2v) is 3.46. The first kappa shape index (κ1) is 8.31. The zero-order chi connectivity index (χ0) is 9.42. The molecule has 2 aliphatic heterocycles. The minimum atomic E-state index is -1.24. The number of fused-ring (bicyclic) bond motifs is 1. The summed E-state index contributed by atoms with van der Waals surface area (Å²) in [6.07, 6.45) is 3.13. The number of thioether (sulfide) groups is 1. The van der Waals surface area contributed by atoms with Crippen LogP contribution >= 0.6 is 11.8 Å². The molecule has 0 aromatic carbocycles. The van der Waals surface area contributed by atoms with Gasteiger partial charge in [0.25, 0.3) is 0 Å². The Kier molecular flexibility index (Phi) is 1.84. The molecule has 0 atom stereocenters. The fourth-order valence-electron chi connectivity index (χ4n) is 1.05. The Balaban J connectivity index is 2.35. The maximum Gasteiger partial charge on any atom is 0.347 e. The van der Waals surface area contributed by atoms with Crippen LogP contribution in [0.25, 0.3) is 0 Å². The van der Waals surface area contributed by atoms with Crippen molar-refractivity contribution in [3.8, 4) is 0 Å². The molecule has 0 saturated heterocycles. The molecule has 6 heteroatoms. The SMILES string of the molecule is O=C(O)C1=C(F)N2CN=CC=C2S1. The van der Waals surface area contributed by atoms with Gasteiger partial charge in [0, 0.05) is 6.21 Å². The predicted molar refractivity (Wildman–Crippen MR) is 46.6 cm³/mol. The highest BCUT2D eigenvalue weighted by Gasteiger charge is 2.32. The second-order valence-electron chi connectivity index (χ2n) is 2.43. The molecule has 2 rings (SSSR count). The number of carboxylic acids is 1. The molecule has 0 saturated carbocycles. The molecule has 1 N–H and O–H groups in total. The zero-order valence-electron chi connectivity index (χ0n) is 6.40. The van der Waals surface area contributed by atoms with E-state index < -0.39 is 11.9 Å². The maximum absolute atomic E-state index is 13.3. The molecule has 13 heavy (non-hydrogen) atoms. The number of hydrogen-bond acceptors (Lipinski definition) is 4. The van der Waals surface area contributed by atoms with Crippen LogP contribution in [0.15, 0.2) is 27.0 Å². The van der Waals surface area contributed by atoms with E-state index in [1.54, 1.807) is 6.08 Å². The third kappa shape index (κ3) is 1.23. The molecule has 0 amide bonds. The van der Waals surface area contributed by atoms with E-state index >= 15 is 0 Å². The molecule has 0 spiro atoms. The van der Waals surface area contributed by atoms with Crippen molar-refractivity contribution in [2.24, 2.45) is 4.99 Å². The molecule has 0 bridgehead atoms. The highest BCUT2D eigenvalue weighted by molar-refractivity contribution is 8.07. The number of halogens is 1. The quantitative estimate of drug-likeness (QED) is 0.645. The first-order chi connectivity index (χ1) is 6.20. The standard InChI is InChI=1S/C7H5FN2O2S/c8-6-5(7(11)12)13-4-1-2-9-3-10(4)6/h1-2H,3H2,(H,11,12). The third-order valence-electron chi connectivity index (χ3n) is 1.64.